The van der Waals surface area contributed by atoms with Crippen LogP contribution in [0.3, 0.4) is 0 Å². The number of ketones is 3. The molecule has 0 spiro atoms. The molecular weight excluding hydrogens is 1000 g/mol. The van der Waals surface area contributed by atoms with Crippen LogP contribution >= 0.6 is 0 Å². The second-order valence-corrected chi connectivity index (χ2v) is 17.6. The largest absolute Gasteiger partial charge is 0.494 e. The number of hydrogen-bond acceptors (Lipinski definition) is 14. The van der Waals surface area contributed by atoms with Crippen LogP contribution in [0.2, 0.25) is 0 Å². The van der Waals surface area contributed by atoms with Gasteiger partial charge in [-0.15, -0.1) is 0 Å². The van der Waals surface area contributed by atoms with Crippen molar-refractivity contribution in [2.75, 3.05) is 86.9 Å². The Balaban J connectivity index is 0.000000295. The maximum atomic E-state index is 12.4. The van der Waals surface area contributed by atoms with Crippen LogP contribution in [0.4, 0.5) is 0 Å². The van der Waals surface area contributed by atoms with E-state index in [0.29, 0.717) is 85.9 Å². The highest BCUT2D eigenvalue weighted by molar-refractivity contribution is 6.10. The molecule has 0 amide bonds. The maximum absolute atomic E-state index is 12.4. The predicted molar refractivity (Wildman–Crippen MR) is 309 cm³/mol. The first kappa shape index (κ1) is 65.0. The van der Waals surface area contributed by atoms with Gasteiger partial charge in [-0.3, -0.25) is 24.0 Å². The molecule has 0 heterocycles. The highest BCUT2D eigenvalue weighted by Gasteiger charge is 2.12. The van der Waals surface area contributed by atoms with E-state index in [1.165, 1.54) is 0 Å². The summed E-state index contributed by atoms with van der Waals surface area (Å²) in [6.07, 6.45) is 4.31. The minimum Gasteiger partial charge on any atom is -0.494 e. The third kappa shape index (κ3) is 27.6. The molecule has 15 nitrogen and oxygen atoms in total. The fourth-order valence-corrected chi connectivity index (χ4v) is 7.09. The number of benzene rings is 6. The summed E-state index contributed by atoms with van der Waals surface area (Å²) < 4.78 is 26.3. The third-order valence-electron chi connectivity index (χ3n) is 11.4. The van der Waals surface area contributed by atoms with Crippen LogP contribution in [0, 0.1) is 0 Å². The van der Waals surface area contributed by atoms with Gasteiger partial charge in [-0.1, -0.05) is 97.6 Å². The lowest BCUT2D eigenvalue weighted by Crippen LogP contribution is -2.24. The number of carboxylic acids is 1. The number of carboxylic acid groups (broad SMARTS) is 1. The Morgan fingerprint density at radius 3 is 1.10 bits per heavy atom. The van der Waals surface area contributed by atoms with Gasteiger partial charge in [-0.05, 0) is 134 Å². The number of ether oxygens (including phenoxy) is 5. The number of esters is 2. The summed E-state index contributed by atoms with van der Waals surface area (Å²) in [6.45, 7) is 13.2. The first-order valence-electron chi connectivity index (χ1n) is 26.4. The number of hydrogen-bond donors (Lipinski definition) is 2. The second-order valence-electron chi connectivity index (χ2n) is 17.6. The Hall–Kier alpha value is -8.24. The van der Waals surface area contributed by atoms with E-state index >= 15 is 0 Å². The smallest absolute Gasteiger partial charge is 0.330 e. The molecule has 0 unspecified atom stereocenters. The lowest BCUT2D eigenvalue weighted by molar-refractivity contribution is -0.143. The summed E-state index contributed by atoms with van der Waals surface area (Å²) in [5.41, 5.74) is 4.01. The van der Waals surface area contributed by atoms with E-state index in [2.05, 4.69) is 21.5 Å². The van der Waals surface area contributed by atoms with Gasteiger partial charge in [0.05, 0.1) is 45.9 Å². The van der Waals surface area contributed by atoms with Crippen molar-refractivity contribution in [1.82, 2.24) is 15.1 Å². The molecule has 0 saturated carbocycles. The number of carbonyl (C=O) groups excluding carboxylic acids is 5. The quantitative estimate of drug-likeness (QED) is 0.0188. The zero-order valence-electron chi connectivity index (χ0n) is 46.3. The molecule has 0 atom stereocenters. The highest BCUT2D eigenvalue weighted by atomic mass is 16.5. The van der Waals surface area contributed by atoms with Crippen molar-refractivity contribution in [3.05, 3.63) is 210 Å². The van der Waals surface area contributed by atoms with Crippen LogP contribution < -0.4 is 19.5 Å². The fourth-order valence-electron chi connectivity index (χ4n) is 7.09. The standard InChI is InChI=1S/C22H27NO4.C20H23NO4.C17H19NO2.C5H8O2/c1-3-26-21(24)14-16-23(2)15-7-17-27-20-12-10-19(11-13-20)22(25)18-8-5-4-6-9-18;1-21(14-12-19(22)23)13-5-15-25-18-10-8-17(9-11-18)20(24)16-6-3-2-4-7-16;1-18-12-5-13-20-16-10-8-15(9-11-16)17(19)14-6-3-2-4-7-14;1-3-5(6)7-4-2/h4-6,8-13H,3,7,14-17H2,1-2H3;2-4,6-11H,5,12-15H2,1H3,(H,22,23);2-4,6-11,18H,5,12-13H2,1H3;3H,1,4H2,2H3. The first-order chi connectivity index (χ1) is 38.3. The molecule has 0 aliphatic rings. The molecule has 0 aliphatic carbocycles. The Bertz CT molecular complexity index is 2690. The molecule has 79 heavy (non-hydrogen) atoms. The van der Waals surface area contributed by atoms with Crippen LogP contribution in [-0.4, -0.2) is 137 Å². The Labute approximate surface area is 466 Å². The fraction of sp³-hybridized carbons (Fsp3) is 0.312. The molecule has 6 aromatic carbocycles. The molecule has 0 bridgehead atoms. The van der Waals surface area contributed by atoms with Gasteiger partial charge < -0.3 is 43.9 Å². The zero-order valence-corrected chi connectivity index (χ0v) is 46.3. The summed E-state index contributed by atoms with van der Waals surface area (Å²) in [4.78, 5) is 72.9. The summed E-state index contributed by atoms with van der Waals surface area (Å²) >= 11 is 0. The Morgan fingerprint density at radius 1 is 0.468 bits per heavy atom. The third-order valence-corrected chi connectivity index (χ3v) is 11.4. The van der Waals surface area contributed by atoms with Gasteiger partial charge in [-0.25, -0.2) is 4.79 Å². The number of carbonyl (C=O) groups is 6. The van der Waals surface area contributed by atoms with Gasteiger partial charge in [0.25, 0.3) is 0 Å². The molecule has 0 aliphatic heterocycles. The number of nitrogens with zero attached hydrogens (tertiary/aromatic N) is 2. The summed E-state index contributed by atoms with van der Waals surface area (Å²) in [7, 11) is 5.79. The molecule has 15 heteroatoms. The lowest BCUT2D eigenvalue weighted by Gasteiger charge is -2.16. The molecular formula is C64H77N3O12. The number of nitrogens with one attached hydrogen (secondary N) is 1. The van der Waals surface area contributed by atoms with Crippen molar-refractivity contribution in [2.24, 2.45) is 0 Å². The van der Waals surface area contributed by atoms with Crippen molar-refractivity contribution >= 4 is 35.3 Å². The van der Waals surface area contributed by atoms with Crippen LogP contribution in [0.1, 0.15) is 93.7 Å². The van der Waals surface area contributed by atoms with E-state index in [4.69, 9.17) is 24.1 Å². The molecule has 2 N–H and O–H groups in total. The molecule has 0 saturated heterocycles. The SMILES string of the molecule is C=CC(=O)OCC.CCOC(=O)CCN(C)CCCOc1ccc(C(=O)c2ccccc2)cc1.CN(CCCOc1ccc(C(=O)c2ccccc2)cc1)CCC(=O)O.CNCCCOc1ccc(C(=O)c2ccccc2)cc1. The van der Waals surface area contributed by atoms with Crippen LogP contribution in [0.25, 0.3) is 0 Å². The average molecular weight is 1080 g/mol. The average Bonchev–Trinajstić information content (AvgIpc) is 3.48. The van der Waals surface area contributed by atoms with Crippen LogP contribution in [-0.2, 0) is 23.9 Å². The normalized spacial score (nSPS) is 10.3. The Morgan fingerprint density at radius 2 is 0.797 bits per heavy atom. The van der Waals surface area contributed by atoms with E-state index < -0.39 is 5.97 Å². The number of aliphatic carboxylic acids is 1. The Kier molecular flexibility index (Phi) is 32.3. The van der Waals surface area contributed by atoms with Gasteiger partial charge >= 0.3 is 17.9 Å². The topological polar surface area (TPSA) is 187 Å². The van der Waals surface area contributed by atoms with Crippen LogP contribution in [0.15, 0.2) is 176 Å². The molecule has 0 fully saturated rings. The van der Waals surface area contributed by atoms with Gasteiger partial charge in [0.15, 0.2) is 17.3 Å². The molecule has 6 aromatic rings. The molecule has 0 aromatic heterocycles. The second kappa shape index (κ2) is 39.2. The molecule has 0 radical (unpaired) electrons. The maximum Gasteiger partial charge on any atom is 0.330 e. The van der Waals surface area contributed by atoms with E-state index in [-0.39, 0.29) is 35.7 Å². The van der Waals surface area contributed by atoms with Crippen molar-refractivity contribution in [2.45, 2.75) is 46.0 Å². The minimum absolute atomic E-state index is 0.00498. The predicted octanol–water partition coefficient (Wildman–Crippen LogP) is 10.3. The zero-order chi connectivity index (χ0) is 57.5. The van der Waals surface area contributed by atoms with Gasteiger partial charge in [0, 0.05) is 65.6 Å². The van der Waals surface area contributed by atoms with Crippen molar-refractivity contribution in [3.63, 3.8) is 0 Å². The first-order valence-corrected chi connectivity index (χ1v) is 26.4. The van der Waals surface area contributed by atoms with E-state index in [1.807, 2.05) is 148 Å². The van der Waals surface area contributed by atoms with E-state index in [9.17, 15) is 28.8 Å². The van der Waals surface area contributed by atoms with Gasteiger partial charge in [0.1, 0.15) is 17.2 Å². The highest BCUT2D eigenvalue weighted by Crippen LogP contribution is 2.19. The number of rotatable bonds is 30. The lowest BCUT2D eigenvalue weighted by atomic mass is 10.0. The minimum atomic E-state index is -0.784. The summed E-state index contributed by atoms with van der Waals surface area (Å²) in [6, 6.07) is 49.3. The van der Waals surface area contributed by atoms with Crippen molar-refractivity contribution in [1.29, 1.82) is 0 Å². The van der Waals surface area contributed by atoms with Crippen molar-refractivity contribution < 1.29 is 57.6 Å². The van der Waals surface area contributed by atoms with Crippen molar-refractivity contribution in [3.8, 4) is 17.2 Å². The van der Waals surface area contributed by atoms with Crippen LogP contribution in [0.5, 0.6) is 17.2 Å². The van der Waals surface area contributed by atoms with Gasteiger partial charge in [0.2, 0.25) is 0 Å². The van der Waals surface area contributed by atoms with E-state index in [0.717, 1.165) is 62.2 Å². The van der Waals surface area contributed by atoms with E-state index in [1.54, 1.807) is 55.5 Å². The molecule has 6 rings (SSSR count). The summed E-state index contributed by atoms with van der Waals surface area (Å²) in [5, 5.41) is 11.7. The van der Waals surface area contributed by atoms with Gasteiger partial charge in [-0.2, -0.15) is 0 Å². The molecule has 420 valence electrons. The monoisotopic (exact) mass is 1080 g/mol. The summed E-state index contributed by atoms with van der Waals surface area (Å²) in [5.74, 6) is 0.990.